The van der Waals surface area contributed by atoms with Crippen molar-refractivity contribution in [3.63, 3.8) is 0 Å². The van der Waals surface area contributed by atoms with Crippen LogP contribution in [0.25, 0.3) is 54.5 Å². The first-order valence-electron chi connectivity index (χ1n) is 12.8. The van der Waals surface area contributed by atoms with Gasteiger partial charge < -0.3 is 0 Å². The van der Waals surface area contributed by atoms with Gasteiger partial charge in [-0.3, -0.25) is 19.2 Å². The highest BCUT2D eigenvalue weighted by atomic mass is 32.1. The van der Waals surface area contributed by atoms with Crippen molar-refractivity contribution in [1.82, 2.24) is 15.0 Å². The Balaban J connectivity index is 1.34. The lowest BCUT2D eigenvalue weighted by Crippen LogP contribution is -2.07. The van der Waals surface area contributed by atoms with Gasteiger partial charge in [-0.25, -0.2) is 17.6 Å². The summed E-state index contributed by atoms with van der Waals surface area (Å²) in [7, 11) is 1.63. The fraction of sp³-hybridized carbons (Fsp3) is 0.0323. The largest absolute Gasteiger partial charge is 0.285 e. The predicted octanol–water partition coefficient (Wildman–Crippen LogP) is 6.57. The molecule has 3 aromatic carbocycles. The molecule has 3 heterocycles. The standard InChI is InChI=1S/C31H11F4N3O4S2/c1-38-36-24-18-8-12(6-16-14-2-10(32)4-20(34)22(14)28(41)26(16)39)43-30(18)31-19(25(24)37-38)9-13(44-31)7-17-15-3-11(33)5-21(35)23(15)29(42)27(17)40/h2-9H,1H3/b16-6-,17-7-. The third-order valence-corrected chi connectivity index (χ3v) is 9.88. The summed E-state index contributed by atoms with van der Waals surface area (Å²) in [5.41, 5.74) is -0.445. The Morgan fingerprint density at radius 1 is 0.614 bits per heavy atom. The summed E-state index contributed by atoms with van der Waals surface area (Å²) >= 11 is 2.48. The smallest absolute Gasteiger partial charge is 0.237 e. The number of hydrogen-bond donors (Lipinski definition) is 0. The van der Waals surface area contributed by atoms with E-state index in [0.29, 0.717) is 53.1 Å². The second kappa shape index (κ2) is 8.94. The SMILES string of the molecule is Cn1nc2c3cc(/C=C4\C(=O)C(=O)c5c(F)cc(F)cc54)sc3c3sc(/C=C4\C(=O)C(=O)c5c(F)cc(F)cc54)cc3c2n1. The summed E-state index contributed by atoms with van der Waals surface area (Å²) in [4.78, 5) is 52.9. The van der Waals surface area contributed by atoms with Crippen molar-refractivity contribution in [2.75, 3.05) is 0 Å². The van der Waals surface area contributed by atoms with Crippen molar-refractivity contribution in [2.24, 2.45) is 7.05 Å². The molecule has 0 fully saturated rings. The quantitative estimate of drug-likeness (QED) is 0.122. The third-order valence-electron chi connectivity index (χ3n) is 7.55. The van der Waals surface area contributed by atoms with E-state index in [9.17, 15) is 36.7 Å². The summed E-state index contributed by atoms with van der Waals surface area (Å²) in [6.45, 7) is 0. The normalized spacial score (nSPS) is 16.6. The van der Waals surface area contributed by atoms with E-state index >= 15 is 0 Å². The number of carbonyl (C=O) groups is 4. The lowest BCUT2D eigenvalue weighted by molar-refractivity contribution is -0.110. The van der Waals surface area contributed by atoms with E-state index in [1.165, 1.54) is 39.6 Å². The third kappa shape index (κ3) is 3.59. The molecule has 3 aromatic heterocycles. The molecule has 0 radical (unpaired) electrons. The molecule has 0 spiro atoms. The number of carbonyl (C=O) groups excluding carboxylic acids is 4. The van der Waals surface area contributed by atoms with Gasteiger partial charge in [0.1, 0.15) is 34.3 Å². The highest BCUT2D eigenvalue weighted by Gasteiger charge is 2.38. The average molecular weight is 630 g/mol. The highest BCUT2D eigenvalue weighted by molar-refractivity contribution is 7.28. The van der Waals surface area contributed by atoms with Crippen molar-refractivity contribution >= 4 is 100 Å². The van der Waals surface area contributed by atoms with E-state index in [0.717, 1.165) is 12.1 Å². The lowest BCUT2D eigenvalue weighted by atomic mass is 10.1. The molecule has 0 bridgehead atoms. The van der Waals surface area contributed by atoms with Crippen LogP contribution in [-0.2, 0) is 16.6 Å². The van der Waals surface area contributed by atoms with Crippen LogP contribution in [0.5, 0.6) is 0 Å². The summed E-state index contributed by atoms with van der Waals surface area (Å²) in [6, 6.07) is 6.46. The first-order valence-corrected chi connectivity index (χ1v) is 14.4. The van der Waals surface area contributed by atoms with Crippen LogP contribution in [0, 0.1) is 23.3 Å². The second-order valence-corrected chi connectivity index (χ2v) is 12.4. The molecule has 0 saturated carbocycles. The zero-order valence-electron chi connectivity index (χ0n) is 21.9. The van der Waals surface area contributed by atoms with Crippen LogP contribution in [0.1, 0.15) is 41.6 Å². The molecule has 13 heteroatoms. The molecule has 214 valence electrons. The average Bonchev–Trinajstić information content (AvgIpc) is 3.74. The molecule has 0 saturated heterocycles. The molecule has 7 nitrogen and oxygen atoms in total. The number of nitrogens with zero attached hydrogens (tertiary/aromatic N) is 3. The Kier molecular flexibility index (Phi) is 5.38. The van der Waals surface area contributed by atoms with E-state index in [-0.39, 0.29) is 22.3 Å². The fourth-order valence-corrected chi connectivity index (χ4v) is 8.11. The van der Waals surface area contributed by atoms with Gasteiger partial charge in [-0.2, -0.15) is 15.0 Å². The number of aromatic nitrogens is 3. The van der Waals surface area contributed by atoms with Crippen LogP contribution in [0.2, 0.25) is 0 Å². The van der Waals surface area contributed by atoms with Crippen molar-refractivity contribution < 1.29 is 36.7 Å². The van der Waals surface area contributed by atoms with Crippen LogP contribution in [-0.4, -0.2) is 38.1 Å². The summed E-state index contributed by atoms with van der Waals surface area (Å²) in [5, 5.41) is 10.3. The Labute approximate surface area is 250 Å². The maximum Gasteiger partial charge on any atom is 0.237 e. The molecule has 44 heavy (non-hydrogen) atoms. The number of rotatable bonds is 2. The van der Waals surface area contributed by atoms with Crippen molar-refractivity contribution in [2.45, 2.75) is 0 Å². The first-order chi connectivity index (χ1) is 21.0. The van der Waals surface area contributed by atoms with Crippen LogP contribution in [0.4, 0.5) is 17.6 Å². The molecule has 0 N–H and O–H groups in total. The van der Waals surface area contributed by atoms with E-state index in [1.54, 1.807) is 19.2 Å². The zero-order valence-corrected chi connectivity index (χ0v) is 23.6. The zero-order chi connectivity index (χ0) is 30.8. The topological polar surface area (TPSA) is 99.0 Å². The van der Waals surface area contributed by atoms with Gasteiger partial charge in [-0.1, -0.05) is 0 Å². The van der Waals surface area contributed by atoms with Gasteiger partial charge in [-0.05, 0) is 36.4 Å². The lowest BCUT2D eigenvalue weighted by Gasteiger charge is -2.00. The molecule has 2 aliphatic carbocycles. The molecule has 0 aliphatic heterocycles. The molecule has 0 amide bonds. The molecule has 6 aromatic rings. The number of Topliss-reactive ketones (excluding diaryl/α,β-unsaturated/α-hetero) is 4. The molecular formula is C31H11F4N3O4S2. The van der Waals surface area contributed by atoms with Crippen molar-refractivity contribution in [3.05, 3.63) is 91.7 Å². The molecule has 0 atom stereocenters. The van der Waals surface area contributed by atoms with Crippen LogP contribution < -0.4 is 0 Å². The van der Waals surface area contributed by atoms with Gasteiger partial charge in [0, 0.05) is 62.0 Å². The Hall–Kier alpha value is -5.14. The Bertz CT molecular complexity index is 2320. The highest BCUT2D eigenvalue weighted by Crippen LogP contribution is 2.45. The minimum absolute atomic E-state index is 0.126. The fourth-order valence-electron chi connectivity index (χ4n) is 5.74. The number of ketones is 4. The maximum absolute atomic E-state index is 14.4. The van der Waals surface area contributed by atoms with Gasteiger partial charge in [0.15, 0.2) is 0 Å². The van der Waals surface area contributed by atoms with Gasteiger partial charge in [0.05, 0.1) is 20.5 Å². The van der Waals surface area contributed by atoms with E-state index in [2.05, 4.69) is 10.2 Å². The maximum atomic E-state index is 14.4. The van der Waals surface area contributed by atoms with Crippen LogP contribution in [0.3, 0.4) is 0 Å². The van der Waals surface area contributed by atoms with E-state index in [1.807, 2.05) is 0 Å². The molecule has 8 rings (SSSR count). The number of aryl methyl sites for hydroxylation is 1. The Morgan fingerprint density at radius 2 is 1.02 bits per heavy atom. The molecular weight excluding hydrogens is 618 g/mol. The first kappa shape index (κ1) is 26.5. The minimum Gasteiger partial charge on any atom is -0.285 e. The van der Waals surface area contributed by atoms with Crippen molar-refractivity contribution in [1.29, 1.82) is 0 Å². The van der Waals surface area contributed by atoms with Gasteiger partial charge in [0.25, 0.3) is 0 Å². The van der Waals surface area contributed by atoms with E-state index in [4.69, 9.17) is 0 Å². The number of fused-ring (bicyclic) bond motifs is 8. The van der Waals surface area contributed by atoms with Crippen LogP contribution >= 0.6 is 22.7 Å². The molecule has 0 unspecified atom stereocenters. The second-order valence-electron chi connectivity index (χ2n) is 10.2. The Morgan fingerprint density at radius 3 is 1.43 bits per heavy atom. The number of thiophene rings is 2. The van der Waals surface area contributed by atoms with Gasteiger partial charge in [-0.15, -0.1) is 22.7 Å². The molecule has 2 aliphatic rings. The minimum atomic E-state index is -1.11. The van der Waals surface area contributed by atoms with Crippen molar-refractivity contribution in [3.8, 4) is 0 Å². The number of hydrogen-bond acceptors (Lipinski definition) is 8. The number of benzene rings is 3. The number of halogens is 4. The number of allylic oxidation sites excluding steroid dienone is 2. The van der Waals surface area contributed by atoms with E-state index < -0.39 is 57.5 Å². The van der Waals surface area contributed by atoms with Crippen LogP contribution in [0.15, 0.2) is 36.4 Å². The summed E-state index contributed by atoms with van der Waals surface area (Å²) in [6.07, 6.45) is 2.81. The summed E-state index contributed by atoms with van der Waals surface area (Å²) < 4.78 is 58.3. The predicted molar refractivity (Wildman–Crippen MR) is 156 cm³/mol. The summed E-state index contributed by atoms with van der Waals surface area (Å²) in [5.74, 6) is -8.10. The van der Waals surface area contributed by atoms with Gasteiger partial charge >= 0.3 is 0 Å². The van der Waals surface area contributed by atoms with Gasteiger partial charge in [0.2, 0.25) is 23.1 Å². The monoisotopic (exact) mass is 629 g/mol.